The number of rotatable bonds is 4. The number of carboxylic acids is 2. The molecule has 3 N–H and O–H groups in total. The smallest absolute Gasteiger partial charge is 0.478 e. The zero-order valence-electron chi connectivity index (χ0n) is 17.4. The highest BCUT2D eigenvalue weighted by atomic mass is 35.5. The van der Waals surface area contributed by atoms with E-state index in [2.05, 4.69) is 10.2 Å². The van der Waals surface area contributed by atoms with Crippen molar-refractivity contribution in [2.24, 2.45) is 0 Å². The van der Waals surface area contributed by atoms with E-state index in [4.69, 9.17) is 21.5 Å². The second kappa shape index (κ2) is 11.6. The molecule has 3 rings (SSSR count). The van der Waals surface area contributed by atoms with Crippen molar-refractivity contribution in [2.75, 3.05) is 23.3 Å². The second-order valence-corrected chi connectivity index (χ2v) is 7.64. The number of aliphatic carboxylic acids is 1. The molecule has 0 bridgehead atoms. The third-order valence-corrected chi connectivity index (χ3v) is 5.05. The number of carbonyl (C=O) groups excluding carboxylic acids is 1. The van der Waals surface area contributed by atoms with E-state index < -0.39 is 18.1 Å². The first kappa shape index (κ1) is 26.0. The van der Waals surface area contributed by atoms with E-state index in [0.29, 0.717) is 10.6 Å². The lowest BCUT2D eigenvalue weighted by atomic mass is 10.1. The summed E-state index contributed by atoms with van der Waals surface area (Å²) in [4.78, 5) is 35.2. The number of carbonyl (C=O) groups is 3. The predicted molar refractivity (Wildman–Crippen MR) is 117 cm³/mol. The van der Waals surface area contributed by atoms with Gasteiger partial charge in [-0.1, -0.05) is 24.4 Å². The average molecular weight is 487 g/mol. The maximum atomic E-state index is 12.4. The number of anilines is 2. The molecule has 11 heteroatoms. The molecule has 2 aromatic carbocycles. The van der Waals surface area contributed by atoms with Crippen LogP contribution in [0.5, 0.6) is 0 Å². The zero-order valence-corrected chi connectivity index (χ0v) is 18.1. The molecule has 1 saturated heterocycles. The van der Waals surface area contributed by atoms with Crippen LogP contribution in [0, 0.1) is 0 Å². The molecule has 33 heavy (non-hydrogen) atoms. The minimum atomic E-state index is -5.08. The molecule has 1 aliphatic rings. The van der Waals surface area contributed by atoms with Gasteiger partial charge in [-0.15, -0.1) is 0 Å². The van der Waals surface area contributed by atoms with Gasteiger partial charge in [0.05, 0.1) is 11.3 Å². The number of halogens is 4. The number of alkyl halides is 3. The molecule has 0 aromatic heterocycles. The lowest BCUT2D eigenvalue weighted by Gasteiger charge is -2.23. The molecule has 7 nitrogen and oxygen atoms in total. The summed E-state index contributed by atoms with van der Waals surface area (Å²) >= 11 is 5.83. The van der Waals surface area contributed by atoms with Crippen molar-refractivity contribution in [3.8, 4) is 0 Å². The fourth-order valence-corrected chi connectivity index (χ4v) is 3.27. The minimum Gasteiger partial charge on any atom is -0.478 e. The van der Waals surface area contributed by atoms with Crippen LogP contribution in [0.15, 0.2) is 42.5 Å². The van der Waals surface area contributed by atoms with Gasteiger partial charge in [0.1, 0.15) is 0 Å². The Kier molecular flexibility index (Phi) is 9.10. The van der Waals surface area contributed by atoms with Gasteiger partial charge in [-0.3, -0.25) is 4.79 Å². The van der Waals surface area contributed by atoms with Crippen LogP contribution in [-0.2, 0) is 4.79 Å². The molecule has 0 spiro atoms. The molecule has 0 atom stereocenters. The summed E-state index contributed by atoms with van der Waals surface area (Å²) in [5.41, 5.74) is 1.68. The van der Waals surface area contributed by atoms with Gasteiger partial charge < -0.3 is 20.4 Å². The molecular formula is C22H22ClF3N2O5. The van der Waals surface area contributed by atoms with Crippen LogP contribution < -0.4 is 10.2 Å². The van der Waals surface area contributed by atoms with E-state index in [-0.39, 0.29) is 17.2 Å². The fourth-order valence-electron chi connectivity index (χ4n) is 3.14. The Morgan fingerprint density at radius 1 is 0.909 bits per heavy atom. The highest BCUT2D eigenvalue weighted by Gasteiger charge is 2.38. The number of benzene rings is 2. The minimum absolute atomic E-state index is 0.0917. The van der Waals surface area contributed by atoms with Gasteiger partial charge >= 0.3 is 18.1 Å². The van der Waals surface area contributed by atoms with Gasteiger partial charge in [0.2, 0.25) is 0 Å². The number of nitrogens with zero attached hydrogens (tertiary/aromatic N) is 1. The first-order valence-electron chi connectivity index (χ1n) is 9.98. The molecule has 0 unspecified atom stereocenters. The summed E-state index contributed by atoms with van der Waals surface area (Å²) in [7, 11) is 0. The van der Waals surface area contributed by atoms with E-state index in [0.717, 1.165) is 31.6 Å². The molecule has 0 saturated carbocycles. The van der Waals surface area contributed by atoms with Crippen LogP contribution in [-0.4, -0.2) is 47.3 Å². The van der Waals surface area contributed by atoms with Crippen LogP contribution in [0.1, 0.15) is 46.4 Å². The van der Waals surface area contributed by atoms with Crippen LogP contribution in [0.25, 0.3) is 0 Å². The number of nitrogens with one attached hydrogen (secondary N) is 1. The van der Waals surface area contributed by atoms with E-state index in [1.165, 1.54) is 12.8 Å². The van der Waals surface area contributed by atoms with Crippen molar-refractivity contribution >= 4 is 40.8 Å². The van der Waals surface area contributed by atoms with Crippen molar-refractivity contribution in [1.82, 2.24) is 0 Å². The monoisotopic (exact) mass is 486 g/mol. The van der Waals surface area contributed by atoms with Gasteiger partial charge in [0, 0.05) is 29.4 Å². The van der Waals surface area contributed by atoms with Crippen LogP contribution in [0.3, 0.4) is 0 Å². The van der Waals surface area contributed by atoms with Crippen molar-refractivity contribution in [2.45, 2.75) is 31.9 Å². The van der Waals surface area contributed by atoms with Gasteiger partial charge in [-0.25, -0.2) is 9.59 Å². The molecular weight excluding hydrogens is 465 g/mol. The first-order chi connectivity index (χ1) is 15.5. The topological polar surface area (TPSA) is 107 Å². The maximum absolute atomic E-state index is 12.4. The largest absolute Gasteiger partial charge is 0.490 e. The Balaban J connectivity index is 0.000000479. The quantitative estimate of drug-likeness (QED) is 0.541. The molecule has 1 amide bonds. The SMILES string of the molecule is O=C(Nc1ccc(N2CCCCCC2)cc1C(=O)O)c1ccc(Cl)cc1.O=C(O)C(F)(F)F. The number of amides is 1. The molecule has 0 aliphatic carbocycles. The third-order valence-electron chi connectivity index (χ3n) is 4.80. The summed E-state index contributed by atoms with van der Waals surface area (Å²) in [5.74, 6) is -4.19. The standard InChI is InChI=1S/C20H21ClN2O3.C2HF3O2/c21-15-7-5-14(6-8-15)19(24)22-18-10-9-16(13-17(18)20(25)26)23-11-3-1-2-4-12-23;3-2(4,5)1(6)7/h5-10,13H,1-4,11-12H2,(H,22,24)(H,25,26);(H,6,7). The van der Waals surface area contributed by atoms with Crippen LogP contribution in [0.2, 0.25) is 5.02 Å². The number of hydrogen-bond acceptors (Lipinski definition) is 4. The normalized spacial score (nSPS) is 13.9. The lowest BCUT2D eigenvalue weighted by Crippen LogP contribution is -2.24. The number of hydrogen-bond donors (Lipinski definition) is 3. The molecule has 1 fully saturated rings. The maximum Gasteiger partial charge on any atom is 0.490 e. The molecule has 178 valence electrons. The Labute approximate surface area is 192 Å². The van der Waals surface area contributed by atoms with Gasteiger partial charge in [0.15, 0.2) is 0 Å². The van der Waals surface area contributed by atoms with E-state index >= 15 is 0 Å². The van der Waals surface area contributed by atoms with Crippen LogP contribution in [0.4, 0.5) is 24.5 Å². The van der Waals surface area contributed by atoms with Gasteiger partial charge in [0.25, 0.3) is 5.91 Å². The number of carboxylic acid groups (broad SMARTS) is 2. The van der Waals surface area contributed by atoms with Gasteiger partial charge in [-0.2, -0.15) is 13.2 Å². The molecule has 1 aliphatic heterocycles. The summed E-state index contributed by atoms with van der Waals surface area (Å²) in [6.07, 6.45) is -0.454. The molecule has 1 heterocycles. The Morgan fingerprint density at radius 2 is 1.45 bits per heavy atom. The van der Waals surface area contributed by atoms with Gasteiger partial charge in [-0.05, 0) is 55.3 Å². The van der Waals surface area contributed by atoms with E-state index in [9.17, 15) is 27.9 Å². The molecule has 2 aromatic rings. The predicted octanol–water partition coefficient (Wildman–Crippen LogP) is 5.30. The Morgan fingerprint density at radius 3 is 1.94 bits per heavy atom. The third kappa shape index (κ3) is 7.98. The highest BCUT2D eigenvalue weighted by molar-refractivity contribution is 6.30. The average Bonchev–Trinajstić information content (AvgIpc) is 3.03. The number of aromatic carboxylic acids is 1. The first-order valence-corrected chi connectivity index (χ1v) is 10.4. The van der Waals surface area contributed by atoms with E-state index in [1.54, 1.807) is 36.4 Å². The van der Waals surface area contributed by atoms with Crippen molar-refractivity contribution < 1.29 is 37.8 Å². The summed E-state index contributed by atoms with van der Waals surface area (Å²) in [5, 5.41) is 19.9. The summed E-state index contributed by atoms with van der Waals surface area (Å²) in [6.45, 7) is 1.85. The summed E-state index contributed by atoms with van der Waals surface area (Å²) in [6, 6.07) is 11.6. The van der Waals surface area contributed by atoms with Crippen LogP contribution >= 0.6 is 11.6 Å². The van der Waals surface area contributed by atoms with E-state index in [1.807, 2.05) is 6.07 Å². The zero-order chi connectivity index (χ0) is 24.6. The molecule has 0 radical (unpaired) electrons. The summed E-state index contributed by atoms with van der Waals surface area (Å²) < 4.78 is 31.7. The van der Waals surface area contributed by atoms with Crippen molar-refractivity contribution in [3.05, 3.63) is 58.6 Å². The lowest BCUT2D eigenvalue weighted by molar-refractivity contribution is -0.192. The Bertz CT molecular complexity index is 989. The fraction of sp³-hybridized carbons (Fsp3) is 0.318. The van der Waals surface area contributed by atoms with Crippen molar-refractivity contribution in [3.63, 3.8) is 0 Å². The second-order valence-electron chi connectivity index (χ2n) is 7.20. The van der Waals surface area contributed by atoms with Crippen molar-refractivity contribution in [1.29, 1.82) is 0 Å². The Hall–Kier alpha value is -3.27. The highest BCUT2D eigenvalue weighted by Crippen LogP contribution is 2.26.